The van der Waals surface area contributed by atoms with Gasteiger partial charge in [-0.15, -0.1) is 11.8 Å². The molecule has 0 aromatic heterocycles. The van der Waals surface area contributed by atoms with E-state index in [1.807, 2.05) is 36.0 Å². The Hall–Kier alpha value is -1.20. The number of hydrogen-bond acceptors (Lipinski definition) is 4. The van der Waals surface area contributed by atoms with E-state index in [0.29, 0.717) is 12.0 Å². The van der Waals surface area contributed by atoms with Crippen LogP contribution in [0, 0.1) is 0 Å². The zero-order valence-corrected chi connectivity index (χ0v) is 10.5. The van der Waals surface area contributed by atoms with Gasteiger partial charge in [0.05, 0.1) is 12.0 Å². The molecule has 0 bridgehead atoms. The number of anilines is 1. The number of carbonyl (C=O) groups is 1. The third-order valence-electron chi connectivity index (χ3n) is 2.45. The van der Waals surface area contributed by atoms with Gasteiger partial charge in [0.25, 0.3) is 0 Å². The van der Waals surface area contributed by atoms with Crippen LogP contribution < -0.4 is 10.6 Å². The van der Waals surface area contributed by atoms with E-state index in [2.05, 4.69) is 10.6 Å². The molecule has 0 saturated carbocycles. The van der Waals surface area contributed by atoms with Crippen molar-refractivity contribution in [1.29, 1.82) is 0 Å². The van der Waals surface area contributed by atoms with Crippen molar-refractivity contribution in [3.8, 4) is 0 Å². The molecule has 1 aliphatic rings. The minimum absolute atomic E-state index is 0.381. The molecule has 2 N–H and O–H groups in total. The fraction of sp³-hybridized carbons (Fsp3) is 0.417. The van der Waals surface area contributed by atoms with Gasteiger partial charge in [-0.2, -0.15) is 0 Å². The number of amides is 1. The quantitative estimate of drug-likeness (QED) is 0.868. The first-order valence-electron chi connectivity index (χ1n) is 5.68. The van der Waals surface area contributed by atoms with Gasteiger partial charge < -0.3 is 10.1 Å². The number of hydrogen-bond donors (Lipinski definition) is 2. The van der Waals surface area contributed by atoms with Gasteiger partial charge >= 0.3 is 6.09 Å². The summed E-state index contributed by atoms with van der Waals surface area (Å²) in [4.78, 5) is 11.2. The summed E-state index contributed by atoms with van der Waals surface area (Å²) >= 11 is 1.90. The average molecular weight is 252 g/mol. The van der Waals surface area contributed by atoms with Gasteiger partial charge in [-0.25, -0.2) is 4.79 Å². The van der Waals surface area contributed by atoms with Gasteiger partial charge in [0.1, 0.15) is 0 Å². The van der Waals surface area contributed by atoms with Crippen LogP contribution in [-0.2, 0) is 4.74 Å². The number of benzene rings is 1. The lowest BCUT2D eigenvalue weighted by atomic mass is 10.2. The minimum Gasteiger partial charge on any atom is -0.450 e. The predicted molar refractivity (Wildman–Crippen MR) is 70.3 cm³/mol. The molecule has 1 unspecified atom stereocenters. The van der Waals surface area contributed by atoms with Crippen LogP contribution in [0.5, 0.6) is 0 Å². The Bertz CT molecular complexity index is 375. The first-order chi connectivity index (χ1) is 8.29. The maximum absolute atomic E-state index is 11.2. The number of thioether (sulfide) groups is 1. The topological polar surface area (TPSA) is 50.4 Å². The third-order valence-corrected chi connectivity index (χ3v) is 3.66. The molecule has 4 nitrogen and oxygen atoms in total. The molecule has 1 heterocycles. The van der Waals surface area contributed by atoms with Gasteiger partial charge in [0.2, 0.25) is 0 Å². The first kappa shape index (κ1) is 12.3. The molecule has 5 heteroatoms. The lowest BCUT2D eigenvalue weighted by molar-refractivity contribution is 0.168. The molecule has 0 radical (unpaired) electrons. The summed E-state index contributed by atoms with van der Waals surface area (Å²) in [6, 6.07) is 7.84. The highest BCUT2D eigenvalue weighted by Gasteiger charge is 2.16. The van der Waals surface area contributed by atoms with Crippen LogP contribution in [0.2, 0.25) is 0 Å². The lowest BCUT2D eigenvalue weighted by Gasteiger charge is -2.11. The second-order valence-corrected chi connectivity index (χ2v) is 4.89. The van der Waals surface area contributed by atoms with Gasteiger partial charge in [0.15, 0.2) is 0 Å². The van der Waals surface area contributed by atoms with E-state index in [9.17, 15) is 4.79 Å². The normalized spacial score (nSPS) is 19.0. The van der Waals surface area contributed by atoms with Crippen molar-refractivity contribution in [3.05, 3.63) is 29.8 Å². The number of rotatable bonds is 3. The van der Waals surface area contributed by atoms with Crippen LogP contribution in [0.15, 0.2) is 24.3 Å². The van der Waals surface area contributed by atoms with E-state index in [4.69, 9.17) is 4.74 Å². The van der Waals surface area contributed by atoms with Gasteiger partial charge in [-0.3, -0.25) is 5.32 Å². The number of nitrogens with one attached hydrogen (secondary N) is 2. The zero-order valence-electron chi connectivity index (χ0n) is 9.73. The molecule has 1 aromatic rings. The summed E-state index contributed by atoms with van der Waals surface area (Å²) in [6.45, 7) is 3.22. The smallest absolute Gasteiger partial charge is 0.411 e. The van der Waals surface area contributed by atoms with Crippen molar-refractivity contribution >= 4 is 23.5 Å². The summed E-state index contributed by atoms with van der Waals surface area (Å²) in [5.74, 6) is 1.15. The molecule has 1 saturated heterocycles. The monoisotopic (exact) mass is 252 g/mol. The molecule has 1 amide bonds. The van der Waals surface area contributed by atoms with E-state index >= 15 is 0 Å². The fourth-order valence-electron chi connectivity index (χ4n) is 1.67. The molecule has 0 spiro atoms. The average Bonchev–Trinajstić information content (AvgIpc) is 2.84. The Morgan fingerprint density at radius 3 is 2.88 bits per heavy atom. The summed E-state index contributed by atoms with van der Waals surface area (Å²) in [5, 5.41) is 6.46. The van der Waals surface area contributed by atoms with Crippen LogP contribution in [0.4, 0.5) is 10.5 Å². The van der Waals surface area contributed by atoms with Crippen molar-refractivity contribution in [2.75, 3.05) is 24.2 Å². The van der Waals surface area contributed by atoms with E-state index in [1.165, 1.54) is 5.56 Å². The molecule has 17 heavy (non-hydrogen) atoms. The summed E-state index contributed by atoms with van der Waals surface area (Å²) in [5.41, 5.74) is 2.00. The van der Waals surface area contributed by atoms with Crippen LogP contribution in [0.25, 0.3) is 0 Å². The maximum atomic E-state index is 11.2. The Labute approximate surface area is 105 Å². The van der Waals surface area contributed by atoms with Crippen molar-refractivity contribution in [1.82, 2.24) is 5.32 Å². The van der Waals surface area contributed by atoms with Crippen molar-refractivity contribution in [3.63, 3.8) is 0 Å². The second kappa shape index (κ2) is 5.93. The lowest BCUT2D eigenvalue weighted by Crippen LogP contribution is -2.14. The Kier molecular flexibility index (Phi) is 4.28. The third kappa shape index (κ3) is 3.38. The molecule has 92 valence electrons. The summed E-state index contributed by atoms with van der Waals surface area (Å²) in [7, 11) is 0. The van der Waals surface area contributed by atoms with E-state index in [-0.39, 0.29) is 0 Å². The fourth-order valence-corrected chi connectivity index (χ4v) is 2.72. The van der Waals surface area contributed by atoms with Crippen LogP contribution in [0.1, 0.15) is 17.9 Å². The van der Waals surface area contributed by atoms with Crippen LogP contribution in [-0.4, -0.2) is 25.0 Å². The molecule has 2 rings (SSSR count). The molecular formula is C12H16N2O2S. The van der Waals surface area contributed by atoms with Gasteiger partial charge in [-0.1, -0.05) is 12.1 Å². The first-order valence-corrected chi connectivity index (χ1v) is 6.73. The van der Waals surface area contributed by atoms with Crippen molar-refractivity contribution in [2.24, 2.45) is 0 Å². The maximum Gasteiger partial charge on any atom is 0.411 e. The SMILES string of the molecule is CCOC(=O)Nc1ccc(C2NCCS2)cc1. The zero-order chi connectivity index (χ0) is 12.1. The molecule has 1 aliphatic heterocycles. The summed E-state index contributed by atoms with van der Waals surface area (Å²) < 4.78 is 4.81. The number of ether oxygens (including phenoxy) is 1. The van der Waals surface area contributed by atoms with E-state index < -0.39 is 6.09 Å². The molecule has 1 aromatic carbocycles. The molecular weight excluding hydrogens is 236 g/mol. The predicted octanol–water partition coefficient (Wildman–Crippen LogP) is 2.59. The van der Waals surface area contributed by atoms with E-state index in [0.717, 1.165) is 18.0 Å². The second-order valence-electron chi connectivity index (χ2n) is 3.67. The highest BCUT2D eigenvalue weighted by atomic mass is 32.2. The highest BCUT2D eigenvalue weighted by molar-refractivity contribution is 7.99. The Balaban J connectivity index is 1.95. The van der Waals surface area contributed by atoms with Crippen LogP contribution in [0.3, 0.4) is 0 Å². The minimum atomic E-state index is -0.409. The molecule has 0 aliphatic carbocycles. The largest absolute Gasteiger partial charge is 0.450 e. The van der Waals surface area contributed by atoms with Crippen LogP contribution >= 0.6 is 11.8 Å². The standard InChI is InChI=1S/C12H16N2O2S/c1-2-16-12(15)14-10-5-3-9(4-6-10)11-13-7-8-17-11/h3-6,11,13H,2,7-8H2,1H3,(H,14,15). The highest BCUT2D eigenvalue weighted by Crippen LogP contribution is 2.30. The molecule has 1 atom stereocenters. The number of carbonyl (C=O) groups excluding carboxylic acids is 1. The Morgan fingerprint density at radius 2 is 2.29 bits per heavy atom. The summed E-state index contributed by atoms with van der Waals surface area (Å²) in [6.07, 6.45) is -0.409. The van der Waals surface area contributed by atoms with Gasteiger partial charge in [0, 0.05) is 18.0 Å². The van der Waals surface area contributed by atoms with Crippen molar-refractivity contribution in [2.45, 2.75) is 12.3 Å². The van der Waals surface area contributed by atoms with E-state index in [1.54, 1.807) is 6.92 Å². The molecule has 1 fully saturated rings. The van der Waals surface area contributed by atoms with Gasteiger partial charge in [-0.05, 0) is 24.6 Å². The Morgan fingerprint density at radius 1 is 1.53 bits per heavy atom. The van der Waals surface area contributed by atoms with Crippen molar-refractivity contribution < 1.29 is 9.53 Å².